The average molecular weight is 1550 g/mol. The van der Waals surface area contributed by atoms with E-state index in [1.807, 2.05) is 0 Å². The molecule has 0 rings (SSSR count). The van der Waals surface area contributed by atoms with E-state index in [2.05, 4.69) is 186 Å². The Bertz CT molecular complexity index is 2660. The molecule has 0 saturated carbocycles. The highest BCUT2D eigenvalue weighted by Crippen LogP contribution is 2.45. The van der Waals surface area contributed by atoms with Gasteiger partial charge >= 0.3 is 39.5 Å². The maximum Gasteiger partial charge on any atom is 0.472 e. The Balaban J connectivity index is 5.43. The Labute approximate surface area is 655 Å². The minimum Gasteiger partial charge on any atom is -0.462 e. The molecule has 108 heavy (non-hydrogen) atoms. The normalized spacial score (nSPS) is 14.6. The van der Waals surface area contributed by atoms with Crippen molar-refractivity contribution in [3.05, 3.63) is 158 Å². The summed E-state index contributed by atoms with van der Waals surface area (Å²) in [4.78, 5) is 73.2. The number of hydrogen-bond acceptors (Lipinski definition) is 15. The molecule has 0 aliphatic carbocycles. The van der Waals surface area contributed by atoms with Crippen LogP contribution in [0.3, 0.4) is 0 Å². The molecule has 616 valence electrons. The van der Waals surface area contributed by atoms with Crippen LogP contribution in [-0.4, -0.2) is 96.7 Å². The van der Waals surface area contributed by atoms with Crippen molar-refractivity contribution in [2.75, 3.05) is 39.6 Å². The van der Waals surface area contributed by atoms with Gasteiger partial charge in [-0.05, 0) is 173 Å². The number of aliphatic hydroxyl groups is 1. The summed E-state index contributed by atoms with van der Waals surface area (Å²) in [5.74, 6) is -2.26. The molecule has 5 atom stereocenters. The molecule has 17 nitrogen and oxygen atoms in total. The number of aliphatic hydroxyl groups excluding tert-OH is 1. The lowest BCUT2D eigenvalue weighted by Crippen LogP contribution is -2.30. The summed E-state index contributed by atoms with van der Waals surface area (Å²) in [5, 5.41) is 10.7. The van der Waals surface area contributed by atoms with E-state index in [4.69, 9.17) is 37.0 Å². The zero-order chi connectivity index (χ0) is 78.9. The first kappa shape index (κ1) is 103. The van der Waals surface area contributed by atoms with Crippen molar-refractivity contribution in [2.24, 2.45) is 0 Å². The second-order valence-electron chi connectivity index (χ2n) is 27.3. The predicted octanol–water partition coefficient (Wildman–Crippen LogP) is 24.8. The van der Waals surface area contributed by atoms with Gasteiger partial charge in [-0.25, -0.2) is 9.13 Å². The summed E-state index contributed by atoms with van der Waals surface area (Å²) in [7, 11) is -10.00. The maximum atomic E-state index is 13.1. The van der Waals surface area contributed by atoms with Crippen molar-refractivity contribution in [1.29, 1.82) is 0 Å². The number of unbranched alkanes of at least 4 members (excludes halogenated alkanes) is 25. The van der Waals surface area contributed by atoms with Crippen molar-refractivity contribution in [2.45, 2.75) is 341 Å². The average Bonchev–Trinajstić information content (AvgIpc) is 0.916. The molecule has 0 aliphatic heterocycles. The number of carbonyl (C=O) groups excluding carboxylic acids is 4. The van der Waals surface area contributed by atoms with Gasteiger partial charge in [0.25, 0.3) is 0 Å². The molecule has 0 spiro atoms. The fraction of sp³-hybridized carbons (Fsp3) is 0.663. The molecule has 0 radical (unpaired) electrons. The van der Waals surface area contributed by atoms with Gasteiger partial charge in [0.15, 0.2) is 12.2 Å². The van der Waals surface area contributed by atoms with Crippen molar-refractivity contribution in [1.82, 2.24) is 0 Å². The standard InChI is InChI=1S/C89H148O17P2/c1-5-9-13-17-21-25-29-33-36-39-41-44-46-50-53-57-61-65-69-73-86(91)99-79-84(105-88(93)75-71-67-63-59-55-49-32-28-24-20-16-12-8-4)81-103-107(95,96)101-77-83(90)78-102-108(97,98)104-82-85(106-89(94)76-72-68-64-60-56-52-48-43-38-35-31-27-23-19-15-11-7-3)80-100-87(92)74-70-66-62-58-54-51-47-45-42-40-37-34-30-26-22-18-14-10-6-2/h9,11,13,15,21-23,25-28,32-38,41-42,44-45,48,50,52-53,83-85,90H,5-8,10,12,14,16-20,24,29-31,39-40,43,46-47,49,51,54-82H2,1-4H3,(H,95,96)(H,97,98)/b13-9-,15-11-,25-21-,26-22-,27-23-,32-28-,36-33-,37-34-,38-35-,44-41-,45-42-,52-48-,53-50-. The van der Waals surface area contributed by atoms with Gasteiger partial charge in [-0.1, -0.05) is 282 Å². The zero-order valence-electron chi connectivity index (χ0n) is 67.5. The van der Waals surface area contributed by atoms with E-state index >= 15 is 0 Å². The second kappa shape index (κ2) is 79.8. The molecule has 0 aromatic heterocycles. The zero-order valence-corrected chi connectivity index (χ0v) is 69.3. The van der Waals surface area contributed by atoms with E-state index in [9.17, 15) is 43.2 Å². The summed E-state index contributed by atoms with van der Waals surface area (Å²) >= 11 is 0. The molecular weight excluding hydrogens is 1400 g/mol. The van der Waals surface area contributed by atoms with E-state index < -0.39 is 97.5 Å². The van der Waals surface area contributed by atoms with Crippen molar-refractivity contribution >= 4 is 39.5 Å². The number of ether oxygens (including phenoxy) is 4. The Morgan fingerprint density at radius 1 is 0.269 bits per heavy atom. The van der Waals surface area contributed by atoms with Crippen LogP contribution in [0.2, 0.25) is 0 Å². The number of phosphoric ester groups is 2. The van der Waals surface area contributed by atoms with Gasteiger partial charge in [-0.2, -0.15) is 0 Å². The first-order valence-electron chi connectivity index (χ1n) is 41.7. The third kappa shape index (κ3) is 78.8. The lowest BCUT2D eigenvalue weighted by Gasteiger charge is -2.21. The smallest absolute Gasteiger partial charge is 0.462 e. The van der Waals surface area contributed by atoms with Gasteiger partial charge in [-0.15, -0.1) is 0 Å². The Morgan fingerprint density at radius 2 is 0.481 bits per heavy atom. The van der Waals surface area contributed by atoms with Crippen LogP contribution in [0, 0.1) is 0 Å². The van der Waals surface area contributed by atoms with Crippen LogP contribution in [0.15, 0.2) is 158 Å². The third-order valence-corrected chi connectivity index (χ3v) is 18.9. The summed E-state index contributed by atoms with van der Waals surface area (Å²) in [6, 6.07) is 0. The Hall–Kier alpha value is -5.32. The number of allylic oxidation sites excluding steroid dienone is 26. The highest BCUT2D eigenvalue weighted by Gasteiger charge is 2.30. The van der Waals surface area contributed by atoms with Gasteiger partial charge < -0.3 is 33.8 Å². The fourth-order valence-corrected chi connectivity index (χ4v) is 12.2. The SMILES string of the molecule is CC/C=C\C/C=C\C/C=C\C/C=C\C/C=C\CCCCCC(=O)OCC(COP(=O)(O)OCC(O)COP(=O)(O)OCC(COC(=O)CCCCCCCC/C=C\C/C=C\C/C=C\CCCCC)OC(=O)CCCCCC/C=C\C/C=C\C/C=C\C/C=C\CC)OC(=O)CCCCCCC/C=C\CCCCCC. The summed E-state index contributed by atoms with van der Waals surface area (Å²) in [6.07, 6.45) is 93.5. The summed E-state index contributed by atoms with van der Waals surface area (Å²) in [6.45, 7) is 4.53. The Morgan fingerprint density at radius 3 is 0.778 bits per heavy atom. The molecule has 5 unspecified atom stereocenters. The molecule has 0 aromatic rings. The molecular formula is C89H148O17P2. The Kier molecular flexibility index (Phi) is 75.8. The van der Waals surface area contributed by atoms with E-state index in [1.54, 1.807) is 0 Å². The lowest BCUT2D eigenvalue weighted by molar-refractivity contribution is -0.161. The molecule has 0 aliphatic rings. The lowest BCUT2D eigenvalue weighted by atomic mass is 10.1. The van der Waals surface area contributed by atoms with E-state index in [0.717, 1.165) is 199 Å². The highest BCUT2D eigenvalue weighted by atomic mass is 31.2. The van der Waals surface area contributed by atoms with Crippen LogP contribution >= 0.6 is 15.6 Å². The largest absolute Gasteiger partial charge is 0.472 e. The van der Waals surface area contributed by atoms with Gasteiger partial charge in [0.05, 0.1) is 26.4 Å². The van der Waals surface area contributed by atoms with Crippen molar-refractivity contribution in [3.63, 3.8) is 0 Å². The van der Waals surface area contributed by atoms with Gasteiger partial charge in [0.2, 0.25) is 0 Å². The number of hydrogen-bond donors (Lipinski definition) is 3. The van der Waals surface area contributed by atoms with Crippen molar-refractivity contribution < 1.29 is 80.2 Å². The first-order valence-corrected chi connectivity index (χ1v) is 44.7. The van der Waals surface area contributed by atoms with Crippen LogP contribution in [-0.2, 0) is 65.4 Å². The topological polar surface area (TPSA) is 237 Å². The quantitative estimate of drug-likeness (QED) is 0.0169. The second-order valence-corrected chi connectivity index (χ2v) is 30.2. The van der Waals surface area contributed by atoms with Gasteiger partial charge in [0, 0.05) is 25.7 Å². The molecule has 0 saturated heterocycles. The van der Waals surface area contributed by atoms with Crippen molar-refractivity contribution in [3.8, 4) is 0 Å². The minimum absolute atomic E-state index is 0.0585. The minimum atomic E-state index is -5.00. The summed E-state index contributed by atoms with van der Waals surface area (Å²) < 4.78 is 68.7. The van der Waals surface area contributed by atoms with Crippen LogP contribution in [0.1, 0.15) is 323 Å². The monoisotopic (exact) mass is 1550 g/mol. The molecule has 0 aromatic carbocycles. The number of rotatable bonds is 77. The molecule has 0 amide bonds. The van der Waals surface area contributed by atoms with E-state index in [1.165, 1.54) is 44.9 Å². The number of carbonyl (C=O) groups is 4. The van der Waals surface area contributed by atoms with E-state index in [-0.39, 0.29) is 25.7 Å². The van der Waals surface area contributed by atoms with E-state index in [0.29, 0.717) is 25.7 Å². The van der Waals surface area contributed by atoms with Crippen LogP contribution in [0.25, 0.3) is 0 Å². The van der Waals surface area contributed by atoms with Crippen LogP contribution in [0.4, 0.5) is 0 Å². The van der Waals surface area contributed by atoms with Crippen LogP contribution < -0.4 is 0 Å². The van der Waals surface area contributed by atoms with Gasteiger partial charge in [-0.3, -0.25) is 37.3 Å². The summed E-state index contributed by atoms with van der Waals surface area (Å²) in [5.41, 5.74) is 0. The number of phosphoric acid groups is 2. The molecule has 0 fully saturated rings. The fourth-order valence-electron chi connectivity index (χ4n) is 10.7. The predicted molar refractivity (Wildman–Crippen MR) is 445 cm³/mol. The van der Waals surface area contributed by atoms with Crippen LogP contribution in [0.5, 0.6) is 0 Å². The first-order chi connectivity index (χ1) is 52.7. The third-order valence-electron chi connectivity index (χ3n) is 17.0. The molecule has 0 bridgehead atoms. The molecule has 0 heterocycles. The van der Waals surface area contributed by atoms with Gasteiger partial charge in [0.1, 0.15) is 19.3 Å². The molecule has 19 heteroatoms. The number of esters is 4. The maximum absolute atomic E-state index is 13.1. The molecule has 3 N–H and O–H groups in total. The highest BCUT2D eigenvalue weighted by molar-refractivity contribution is 7.47.